The van der Waals surface area contributed by atoms with Crippen LogP contribution in [0.1, 0.15) is 33.6 Å². The maximum absolute atomic E-state index is 12.3. The van der Waals surface area contributed by atoms with Gasteiger partial charge in [-0.05, 0) is 44.7 Å². The zero-order valence-electron chi connectivity index (χ0n) is 12.7. The first kappa shape index (κ1) is 15.0. The zero-order chi connectivity index (χ0) is 14.5. The molecule has 2 rings (SSSR count). The molecule has 112 valence electrons. The molecule has 0 saturated carbocycles. The molecule has 1 aliphatic heterocycles. The van der Waals surface area contributed by atoms with Crippen molar-refractivity contribution in [3.05, 3.63) is 22.7 Å². The number of hydrogen-bond donors (Lipinski definition) is 2. The summed E-state index contributed by atoms with van der Waals surface area (Å²) in [5, 5.41) is 6.72. The van der Waals surface area contributed by atoms with Crippen LogP contribution in [0.2, 0.25) is 0 Å². The molecule has 0 aromatic carbocycles. The second kappa shape index (κ2) is 6.88. The summed E-state index contributed by atoms with van der Waals surface area (Å²) in [4.78, 5) is 16.6. The standard InChI is InChI=1S/C15H26N4O/c1-11(2)10-19-8-7-17-14(15(19)20)18-12(3)13-5-4-6-16-9-13/h7-8,11-13,16H,4-6,9-10H2,1-3H3,(H,17,18). The van der Waals surface area contributed by atoms with Gasteiger partial charge in [0.05, 0.1) is 0 Å². The molecule has 5 nitrogen and oxygen atoms in total. The molecule has 2 unspecified atom stereocenters. The van der Waals surface area contributed by atoms with Gasteiger partial charge in [-0.2, -0.15) is 0 Å². The van der Waals surface area contributed by atoms with Crippen molar-refractivity contribution in [2.45, 2.75) is 46.2 Å². The Labute approximate surface area is 120 Å². The predicted octanol–water partition coefficient (Wildman–Crippen LogP) is 1.70. The Kier molecular flexibility index (Phi) is 5.17. The van der Waals surface area contributed by atoms with Crippen molar-refractivity contribution >= 4 is 5.82 Å². The van der Waals surface area contributed by atoms with E-state index in [0.29, 0.717) is 17.7 Å². The second-order valence-electron chi connectivity index (χ2n) is 6.17. The van der Waals surface area contributed by atoms with E-state index in [9.17, 15) is 4.79 Å². The van der Waals surface area contributed by atoms with E-state index in [4.69, 9.17) is 0 Å². The van der Waals surface area contributed by atoms with Crippen molar-refractivity contribution in [1.82, 2.24) is 14.9 Å². The molecular weight excluding hydrogens is 252 g/mol. The Morgan fingerprint density at radius 1 is 1.50 bits per heavy atom. The van der Waals surface area contributed by atoms with Gasteiger partial charge in [0, 0.05) is 25.0 Å². The van der Waals surface area contributed by atoms with E-state index in [1.54, 1.807) is 17.0 Å². The van der Waals surface area contributed by atoms with E-state index in [-0.39, 0.29) is 11.6 Å². The lowest BCUT2D eigenvalue weighted by molar-refractivity contribution is 0.346. The first-order valence-corrected chi connectivity index (χ1v) is 7.60. The lowest BCUT2D eigenvalue weighted by Gasteiger charge is -2.29. The summed E-state index contributed by atoms with van der Waals surface area (Å²) in [6.45, 7) is 9.20. The summed E-state index contributed by atoms with van der Waals surface area (Å²) in [6, 6.07) is 0.262. The summed E-state index contributed by atoms with van der Waals surface area (Å²) < 4.78 is 1.74. The molecule has 2 heterocycles. The van der Waals surface area contributed by atoms with Gasteiger partial charge in [-0.25, -0.2) is 4.98 Å². The molecule has 0 spiro atoms. The molecule has 0 amide bonds. The Bertz CT molecular complexity index is 477. The average molecular weight is 278 g/mol. The quantitative estimate of drug-likeness (QED) is 0.860. The van der Waals surface area contributed by atoms with Crippen molar-refractivity contribution < 1.29 is 0 Å². The highest BCUT2D eigenvalue weighted by Gasteiger charge is 2.21. The number of nitrogens with zero attached hydrogens (tertiary/aromatic N) is 2. The molecule has 1 fully saturated rings. The minimum absolute atomic E-state index is 0.0168. The summed E-state index contributed by atoms with van der Waals surface area (Å²) in [6.07, 6.45) is 5.88. The molecule has 2 N–H and O–H groups in total. The number of hydrogen-bond acceptors (Lipinski definition) is 4. The van der Waals surface area contributed by atoms with Gasteiger partial charge in [-0.15, -0.1) is 0 Å². The number of anilines is 1. The highest BCUT2D eigenvalue weighted by Crippen LogP contribution is 2.16. The van der Waals surface area contributed by atoms with Gasteiger partial charge in [0.15, 0.2) is 5.82 Å². The lowest BCUT2D eigenvalue weighted by Crippen LogP contribution is -2.40. The third-order valence-electron chi connectivity index (χ3n) is 3.88. The van der Waals surface area contributed by atoms with Crippen LogP contribution in [0, 0.1) is 11.8 Å². The Morgan fingerprint density at radius 2 is 2.30 bits per heavy atom. The number of aromatic nitrogens is 2. The van der Waals surface area contributed by atoms with E-state index in [2.05, 4.69) is 36.4 Å². The Morgan fingerprint density at radius 3 is 2.95 bits per heavy atom. The van der Waals surface area contributed by atoms with Gasteiger partial charge >= 0.3 is 0 Å². The monoisotopic (exact) mass is 278 g/mol. The Hall–Kier alpha value is -1.36. The summed E-state index contributed by atoms with van der Waals surface area (Å²) in [5.74, 6) is 1.48. The predicted molar refractivity (Wildman–Crippen MR) is 82.0 cm³/mol. The first-order chi connectivity index (χ1) is 9.58. The maximum Gasteiger partial charge on any atom is 0.293 e. The van der Waals surface area contributed by atoms with Crippen LogP contribution in [0.3, 0.4) is 0 Å². The van der Waals surface area contributed by atoms with Crippen LogP contribution in [0.5, 0.6) is 0 Å². The van der Waals surface area contributed by atoms with Crippen LogP contribution in [0.4, 0.5) is 5.82 Å². The molecule has 0 radical (unpaired) electrons. The van der Waals surface area contributed by atoms with E-state index in [0.717, 1.165) is 19.6 Å². The van der Waals surface area contributed by atoms with E-state index < -0.39 is 0 Å². The normalized spacial score (nSPS) is 20.9. The molecule has 1 saturated heterocycles. The van der Waals surface area contributed by atoms with Crippen LogP contribution in [-0.2, 0) is 6.54 Å². The third-order valence-corrected chi connectivity index (χ3v) is 3.88. The molecule has 0 bridgehead atoms. The topological polar surface area (TPSA) is 59.0 Å². The molecule has 1 aliphatic rings. The SMILES string of the molecule is CC(C)Cn1ccnc(NC(C)C2CCCNC2)c1=O. The molecule has 20 heavy (non-hydrogen) atoms. The van der Waals surface area contributed by atoms with Crippen molar-refractivity contribution in [3.8, 4) is 0 Å². The number of rotatable bonds is 5. The van der Waals surface area contributed by atoms with E-state index in [1.807, 2.05) is 0 Å². The second-order valence-corrected chi connectivity index (χ2v) is 6.17. The maximum atomic E-state index is 12.3. The van der Waals surface area contributed by atoms with Crippen LogP contribution < -0.4 is 16.2 Å². The zero-order valence-corrected chi connectivity index (χ0v) is 12.7. The number of piperidine rings is 1. The fourth-order valence-corrected chi connectivity index (χ4v) is 2.72. The summed E-state index contributed by atoms with van der Waals surface area (Å²) in [5.41, 5.74) is -0.0168. The van der Waals surface area contributed by atoms with E-state index >= 15 is 0 Å². The number of nitrogens with one attached hydrogen (secondary N) is 2. The molecule has 1 aromatic rings. The van der Waals surface area contributed by atoms with Gasteiger partial charge < -0.3 is 15.2 Å². The van der Waals surface area contributed by atoms with Gasteiger partial charge in [-0.3, -0.25) is 4.79 Å². The van der Waals surface area contributed by atoms with E-state index in [1.165, 1.54) is 12.8 Å². The first-order valence-electron chi connectivity index (χ1n) is 7.60. The smallest absolute Gasteiger partial charge is 0.293 e. The molecule has 1 aromatic heterocycles. The average Bonchev–Trinajstić information content (AvgIpc) is 2.43. The molecular formula is C15H26N4O. The van der Waals surface area contributed by atoms with Crippen LogP contribution >= 0.6 is 0 Å². The van der Waals surface area contributed by atoms with Crippen LogP contribution in [0.15, 0.2) is 17.2 Å². The lowest BCUT2D eigenvalue weighted by atomic mass is 9.93. The van der Waals surface area contributed by atoms with Crippen molar-refractivity contribution in [2.75, 3.05) is 18.4 Å². The fraction of sp³-hybridized carbons (Fsp3) is 0.733. The van der Waals surface area contributed by atoms with Crippen LogP contribution in [0.25, 0.3) is 0 Å². The van der Waals surface area contributed by atoms with Gasteiger partial charge in [0.1, 0.15) is 0 Å². The van der Waals surface area contributed by atoms with Crippen molar-refractivity contribution in [3.63, 3.8) is 0 Å². The van der Waals surface area contributed by atoms with Gasteiger partial charge in [0.2, 0.25) is 0 Å². The highest BCUT2D eigenvalue weighted by molar-refractivity contribution is 5.32. The minimum atomic E-state index is -0.0168. The Balaban J connectivity index is 2.06. The van der Waals surface area contributed by atoms with Crippen molar-refractivity contribution in [2.24, 2.45) is 11.8 Å². The van der Waals surface area contributed by atoms with Crippen molar-refractivity contribution in [1.29, 1.82) is 0 Å². The largest absolute Gasteiger partial charge is 0.363 e. The van der Waals surface area contributed by atoms with Gasteiger partial charge in [0.25, 0.3) is 5.56 Å². The summed E-state index contributed by atoms with van der Waals surface area (Å²) in [7, 11) is 0. The highest BCUT2D eigenvalue weighted by atomic mass is 16.1. The van der Waals surface area contributed by atoms with Crippen LogP contribution in [-0.4, -0.2) is 28.7 Å². The third kappa shape index (κ3) is 3.82. The fourth-order valence-electron chi connectivity index (χ4n) is 2.72. The molecule has 0 aliphatic carbocycles. The minimum Gasteiger partial charge on any atom is -0.363 e. The van der Waals surface area contributed by atoms with Gasteiger partial charge in [-0.1, -0.05) is 13.8 Å². The summed E-state index contributed by atoms with van der Waals surface area (Å²) >= 11 is 0. The molecule has 2 atom stereocenters. The molecule has 5 heteroatoms.